The van der Waals surface area contributed by atoms with E-state index in [0.717, 1.165) is 11.6 Å². The second-order valence-electron chi connectivity index (χ2n) is 3.25. The average molecular weight is 247 g/mol. The first-order valence-corrected chi connectivity index (χ1v) is 5.40. The summed E-state index contributed by atoms with van der Waals surface area (Å²) >= 11 is 0. The summed E-state index contributed by atoms with van der Waals surface area (Å²) in [6.07, 6.45) is 3.82. The molecule has 4 nitrogen and oxygen atoms in total. The smallest absolute Gasteiger partial charge is 0.327 e. The lowest BCUT2D eigenvalue weighted by Crippen LogP contribution is -2.19. The van der Waals surface area contributed by atoms with E-state index in [1.54, 1.807) is 6.92 Å². The highest BCUT2D eigenvalue weighted by Crippen LogP contribution is 1.96. The van der Waals surface area contributed by atoms with E-state index in [2.05, 4.69) is 11.9 Å². The molecule has 1 aromatic carbocycles. The van der Waals surface area contributed by atoms with Crippen LogP contribution < -0.4 is 5.32 Å². The standard InChI is InChI=1S/C10H11NO.C4H6O2/c1-2-10(12)11-8-9-6-4-3-5-7-9;1-2-3-4(5)6/h2-7H,1,8H2,(H,11,12);2-3H,1H3,(H,5,6)/b;3-2+. The van der Waals surface area contributed by atoms with Crippen LogP contribution in [0.2, 0.25) is 0 Å². The number of carbonyl (C=O) groups is 2. The van der Waals surface area contributed by atoms with Crippen LogP contribution in [-0.4, -0.2) is 17.0 Å². The molecule has 0 aliphatic rings. The largest absolute Gasteiger partial charge is 0.478 e. The minimum Gasteiger partial charge on any atom is -0.478 e. The van der Waals surface area contributed by atoms with Crippen molar-refractivity contribution in [1.82, 2.24) is 5.32 Å². The maximum absolute atomic E-state index is 10.8. The number of carboxylic acids is 1. The van der Waals surface area contributed by atoms with Crippen molar-refractivity contribution in [2.75, 3.05) is 0 Å². The number of nitrogens with one attached hydrogen (secondary N) is 1. The third-order valence-electron chi connectivity index (χ3n) is 1.80. The van der Waals surface area contributed by atoms with Crippen LogP contribution in [0, 0.1) is 0 Å². The van der Waals surface area contributed by atoms with Gasteiger partial charge in [0.05, 0.1) is 0 Å². The first-order valence-electron chi connectivity index (χ1n) is 5.40. The molecule has 0 unspecified atom stereocenters. The molecule has 0 saturated heterocycles. The first-order chi connectivity index (χ1) is 8.60. The molecule has 4 heteroatoms. The quantitative estimate of drug-likeness (QED) is 0.801. The van der Waals surface area contributed by atoms with Gasteiger partial charge in [0.15, 0.2) is 0 Å². The number of amides is 1. The van der Waals surface area contributed by atoms with Gasteiger partial charge in [-0.25, -0.2) is 4.79 Å². The van der Waals surface area contributed by atoms with E-state index in [1.165, 1.54) is 12.2 Å². The topological polar surface area (TPSA) is 66.4 Å². The normalized spacial score (nSPS) is 9.17. The van der Waals surface area contributed by atoms with Gasteiger partial charge in [0.2, 0.25) is 5.91 Å². The summed E-state index contributed by atoms with van der Waals surface area (Å²) < 4.78 is 0. The minimum absolute atomic E-state index is 0.140. The lowest BCUT2D eigenvalue weighted by molar-refractivity contribution is -0.131. The highest BCUT2D eigenvalue weighted by molar-refractivity contribution is 5.86. The Kier molecular flexibility index (Phi) is 8.55. The van der Waals surface area contributed by atoms with Gasteiger partial charge >= 0.3 is 5.97 Å². The van der Waals surface area contributed by atoms with Crippen LogP contribution in [0.5, 0.6) is 0 Å². The van der Waals surface area contributed by atoms with Crippen LogP contribution in [0.15, 0.2) is 55.1 Å². The molecule has 96 valence electrons. The summed E-state index contributed by atoms with van der Waals surface area (Å²) in [6, 6.07) is 9.75. The number of hydrogen-bond donors (Lipinski definition) is 2. The molecule has 1 rings (SSSR count). The zero-order valence-corrected chi connectivity index (χ0v) is 10.3. The summed E-state index contributed by atoms with van der Waals surface area (Å²) in [5, 5.41) is 10.5. The molecule has 1 aromatic rings. The second kappa shape index (κ2) is 9.84. The fraction of sp³-hybridized carbons (Fsp3) is 0.143. The number of carboxylic acid groups (broad SMARTS) is 1. The molecule has 0 fully saturated rings. The van der Waals surface area contributed by atoms with Gasteiger partial charge in [0, 0.05) is 12.6 Å². The maximum atomic E-state index is 10.8. The third-order valence-corrected chi connectivity index (χ3v) is 1.80. The fourth-order valence-corrected chi connectivity index (χ4v) is 1.000. The van der Waals surface area contributed by atoms with E-state index in [0.29, 0.717) is 6.54 Å². The van der Waals surface area contributed by atoms with Crippen molar-refractivity contribution in [3.05, 3.63) is 60.7 Å². The molecule has 0 spiro atoms. The third kappa shape index (κ3) is 8.91. The number of allylic oxidation sites excluding steroid dienone is 1. The molecule has 0 saturated carbocycles. The number of carbonyl (C=O) groups excluding carboxylic acids is 1. The molecule has 0 aromatic heterocycles. The molecule has 0 aliphatic heterocycles. The van der Waals surface area contributed by atoms with Crippen LogP contribution in [0.3, 0.4) is 0 Å². The number of rotatable bonds is 4. The Labute approximate surface area is 107 Å². The maximum Gasteiger partial charge on any atom is 0.327 e. The number of hydrogen-bond acceptors (Lipinski definition) is 2. The molecule has 0 atom stereocenters. The van der Waals surface area contributed by atoms with E-state index in [-0.39, 0.29) is 5.91 Å². The Balaban J connectivity index is 0.000000411. The minimum atomic E-state index is -0.891. The van der Waals surface area contributed by atoms with Crippen molar-refractivity contribution < 1.29 is 14.7 Å². The van der Waals surface area contributed by atoms with Crippen molar-refractivity contribution in [2.24, 2.45) is 0 Å². The Hall–Kier alpha value is -2.36. The van der Waals surface area contributed by atoms with Crippen molar-refractivity contribution in [2.45, 2.75) is 13.5 Å². The molecule has 0 radical (unpaired) electrons. The van der Waals surface area contributed by atoms with E-state index >= 15 is 0 Å². The van der Waals surface area contributed by atoms with Crippen molar-refractivity contribution in [1.29, 1.82) is 0 Å². The van der Waals surface area contributed by atoms with Gasteiger partial charge in [-0.15, -0.1) is 0 Å². The van der Waals surface area contributed by atoms with Crippen molar-refractivity contribution >= 4 is 11.9 Å². The molecule has 1 amide bonds. The van der Waals surface area contributed by atoms with Gasteiger partial charge < -0.3 is 10.4 Å². The number of benzene rings is 1. The molecule has 2 N–H and O–H groups in total. The van der Waals surface area contributed by atoms with Crippen molar-refractivity contribution in [3.63, 3.8) is 0 Å². The Morgan fingerprint density at radius 3 is 2.33 bits per heavy atom. The van der Waals surface area contributed by atoms with E-state index in [9.17, 15) is 9.59 Å². The van der Waals surface area contributed by atoms with Crippen LogP contribution in [-0.2, 0) is 16.1 Å². The van der Waals surface area contributed by atoms with Gasteiger partial charge in [-0.2, -0.15) is 0 Å². The average Bonchev–Trinajstić information content (AvgIpc) is 2.37. The van der Waals surface area contributed by atoms with Gasteiger partial charge in [0.1, 0.15) is 0 Å². The van der Waals surface area contributed by atoms with Gasteiger partial charge in [0.25, 0.3) is 0 Å². The van der Waals surface area contributed by atoms with E-state index in [4.69, 9.17) is 5.11 Å². The summed E-state index contributed by atoms with van der Waals surface area (Å²) in [4.78, 5) is 20.3. The van der Waals surface area contributed by atoms with Crippen LogP contribution in [0.25, 0.3) is 0 Å². The predicted octanol–water partition coefficient (Wildman–Crippen LogP) is 2.14. The Morgan fingerprint density at radius 2 is 1.94 bits per heavy atom. The molecule has 18 heavy (non-hydrogen) atoms. The van der Waals surface area contributed by atoms with Gasteiger partial charge in [-0.05, 0) is 18.6 Å². The van der Waals surface area contributed by atoms with Crippen LogP contribution in [0.1, 0.15) is 12.5 Å². The van der Waals surface area contributed by atoms with E-state index < -0.39 is 5.97 Å². The Bertz CT molecular complexity index is 410. The lowest BCUT2D eigenvalue weighted by Gasteiger charge is -2.00. The van der Waals surface area contributed by atoms with Crippen molar-refractivity contribution in [3.8, 4) is 0 Å². The van der Waals surface area contributed by atoms with Crippen LogP contribution in [0.4, 0.5) is 0 Å². The van der Waals surface area contributed by atoms with Crippen LogP contribution >= 0.6 is 0 Å². The highest BCUT2D eigenvalue weighted by atomic mass is 16.4. The molecule has 0 heterocycles. The summed E-state index contributed by atoms with van der Waals surface area (Å²) in [7, 11) is 0. The zero-order valence-electron chi connectivity index (χ0n) is 10.3. The molecule has 0 bridgehead atoms. The fourth-order valence-electron chi connectivity index (χ4n) is 1.000. The summed E-state index contributed by atoms with van der Waals surface area (Å²) in [6.45, 7) is 5.58. The zero-order chi connectivity index (χ0) is 13.8. The molecular weight excluding hydrogens is 230 g/mol. The lowest BCUT2D eigenvalue weighted by atomic mass is 10.2. The summed E-state index contributed by atoms with van der Waals surface area (Å²) in [5.74, 6) is -1.03. The molecule has 0 aliphatic carbocycles. The second-order valence-corrected chi connectivity index (χ2v) is 3.25. The predicted molar refractivity (Wildman–Crippen MR) is 70.9 cm³/mol. The van der Waals surface area contributed by atoms with E-state index in [1.807, 2.05) is 30.3 Å². The summed E-state index contributed by atoms with van der Waals surface area (Å²) in [5.41, 5.74) is 1.09. The van der Waals surface area contributed by atoms with Gasteiger partial charge in [-0.3, -0.25) is 4.79 Å². The molecular formula is C14H17NO3. The Morgan fingerprint density at radius 1 is 1.33 bits per heavy atom. The highest BCUT2D eigenvalue weighted by Gasteiger charge is 1.93. The first kappa shape index (κ1) is 15.6. The monoisotopic (exact) mass is 247 g/mol. The van der Waals surface area contributed by atoms with Gasteiger partial charge in [-0.1, -0.05) is 43.0 Å². The number of aliphatic carboxylic acids is 1. The SMILES string of the molecule is C/C=C/C(=O)O.C=CC(=O)NCc1ccccc1.